The second kappa shape index (κ2) is 9.31. The lowest BCUT2D eigenvalue weighted by Crippen LogP contribution is -2.28. The Morgan fingerprint density at radius 3 is 2.84 bits per heavy atom. The monoisotopic (exact) mass is 499 g/mol. The minimum Gasteiger partial charge on any atom is -0.497 e. The molecule has 0 saturated heterocycles. The number of fused-ring (bicyclic) bond motifs is 1. The molecule has 0 unspecified atom stereocenters. The average molecular weight is 500 g/mol. The molecule has 0 bridgehead atoms. The van der Waals surface area contributed by atoms with Crippen molar-refractivity contribution < 1.29 is 13.9 Å². The average Bonchev–Trinajstić information content (AvgIpc) is 3.21. The highest BCUT2D eigenvalue weighted by Crippen LogP contribution is 2.22. The molecule has 1 amide bonds. The first-order chi connectivity index (χ1) is 15.5. The molecular formula is C22H19BrFN5O3. The third-order valence-electron chi connectivity index (χ3n) is 4.95. The number of ether oxygens (including phenoxy) is 1. The Morgan fingerprint density at radius 1 is 1.25 bits per heavy atom. The van der Waals surface area contributed by atoms with Crippen LogP contribution < -0.4 is 15.6 Å². The van der Waals surface area contributed by atoms with Gasteiger partial charge in [0.15, 0.2) is 5.65 Å². The molecule has 0 aliphatic carbocycles. The Hall–Kier alpha value is -3.53. The molecule has 8 nitrogen and oxygen atoms in total. The SMILES string of the molecule is COc1ccc(Br)c(C(=O)NCCn2ncc3c(=O)n(Cc4ccccc4F)cnc32)c1. The Bertz CT molecular complexity index is 1350. The molecule has 10 heteroatoms. The van der Waals surface area contributed by atoms with Gasteiger partial charge in [0.2, 0.25) is 0 Å². The zero-order chi connectivity index (χ0) is 22.7. The number of carbonyl (C=O) groups is 1. The van der Waals surface area contributed by atoms with Gasteiger partial charge in [-0.3, -0.25) is 14.2 Å². The number of rotatable bonds is 7. The van der Waals surface area contributed by atoms with Crippen molar-refractivity contribution in [2.24, 2.45) is 0 Å². The summed E-state index contributed by atoms with van der Waals surface area (Å²) in [6.07, 6.45) is 2.81. The number of benzene rings is 2. The third kappa shape index (κ3) is 4.40. The first-order valence-corrected chi connectivity index (χ1v) is 10.5. The van der Waals surface area contributed by atoms with E-state index in [0.29, 0.717) is 38.9 Å². The fourth-order valence-electron chi connectivity index (χ4n) is 3.26. The Labute approximate surface area is 190 Å². The van der Waals surface area contributed by atoms with E-state index in [9.17, 15) is 14.0 Å². The predicted molar refractivity (Wildman–Crippen MR) is 120 cm³/mol. The number of methoxy groups -OCH3 is 1. The van der Waals surface area contributed by atoms with Crippen LogP contribution >= 0.6 is 15.9 Å². The van der Waals surface area contributed by atoms with Gasteiger partial charge >= 0.3 is 0 Å². The van der Waals surface area contributed by atoms with Crippen molar-refractivity contribution in [2.45, 2.75) is 13.1 Å². The van der Waals surface area contributed by atoms with E-state index in [2.05, 4.69) is 31.3 Å². The molecule has 0 saturated carbocycles. The molecule has 1 N–H and O–H groups in total. The zero-order valence-electron chi connectivity index (χ0n) is 17.1. The van der Waals surface area contributed by atoms with Gasteiger partial charge in [-0.2, -0.15) is 5.10 Å². The van der Waals surface area contributed by atoms with Crippen molar-refractivity contribution >= 4 is 32.9 Å². The van der Waals surface area contributed by atoms with E-state index in [4.69, 9.17) is 4.74 Å². The number of aromatic nitrogens is 4. The summed E-state index contributed by atoms with van der Waals surface area (Å²) in [6.45, 7) is 0.672. The van der Waals surface area contributed by atoms with Crippen LogP contribution in [-0.4, -0.2) is 38.9 Å². The van der Waals surface area contributed by atoms with Crippen LogP contribution in [0.3, 0.4) is 0 Å². The Kier molecular flexibility index (Phi) is 6.31. The van der Waals surface area contributed by atoms with Crippen molar-refractivity contribution in [3.8, 4) is 5.75 Å². The van der Waals surface area contributed by atoms with Gasteiger partial charge in [-0.15, -0.1) is 0 Å². The maximum Gasteiger partial charge on any atom is 0.264 e. The van der Waals surface area contributed by atoms with Crippen LogP contribution in [0.15, 0.2) is 64.3 Å². The number of carbonyl (C=O) groups excluding carboxylic acids is 1. The van der Waals surface area contributed by atoms with Gasteiger partial charge in [-0.05, 0) is 40.2 Å². The molecular weight excluding hydrogens is 481 g/mol. The van der Waals surface area contributed by atoms with Gasteiger partial charge in [-0.1, -0.05) is 18.2 Å². The lowest BCUT2D eigenvalue weighted by Gasteiger charge is -2.09. The summed E-state index contributed by atoms with van der Waals surface area (Å²) in [4.78, 5) is 29.6. The number of hydrogen-bond acceptors (Lipinski definition) is 5. The van der Waals surface area contributed by atoms with Gasteiger partial charge in [0, 0.05) is 16.6 Å². The molecule has 0 spiro atoms. The van der Waals surface area contributed by atoms with Crippen molar-refractivity contribution in [2.75, 3.05) is 13.7 Å². The molecule has 2 aromatic heterocycles. The normalized spacial score (nSPS) is 11.0. The van der Waals surface area contributed by atoms with E-state index in [1.807, 2.05) is 0 Å². The molecule has 0 fully saturated rings. The zero-order valence-corrected chi connectivity index (χ0v) is 18.7. The molecule has 2 heterocycles. The predicted octanol–water partition coefficient (Wildman–Crippen LogP) is 2.98. The summed E-state index contributed by atoms with van der Waals surface area (Å²) in [7, 11) is 1.53. The third-order valence-corrected chi connectivity index (χ3v) is 5.64. The summed E-state index contributed by atoms with van der Waals surface area (Å²) in [5, 5.41) is 7.37. The lowest BCUT2D eigenvalue weighted by molar-refractivity contribution is 0.0951. The summed E-state index contributed by atoms with van der Waals surface area (Å²) in [5.41, 5.74) is 0.934. The Balaban J connectivity index is 1.47. The second-order valence-electron chi connectivity index (χ2n) is 6.98. The molecule has 32 heavy (non-hydrogen) atoms. The number of amides is 1. The highest BCUT2D eigenvalue weighted by molar-refractivity contribution is 9.10. The number of nitrogens with zero attached hydrogens (tertiary/aromatic N) is 4. The van der Waals surface area contributed by atoms with E-state index in [0.717, 1.165) is 0 Å². The highest BCUT2D eigenvalue weighted by Gasteiger charge is 2.14. The van der Waals surface area contributed by atoms with E-state index < -0.39 is 0 Å². The first-order valence-electron chi connectivity index (χ1n) is 9.74. The van der Waals surface area contributed by atoms with Crippen LogP contribution in [0, 0.1) is 5.82 Å². The number of halogens is 2. The molecule has 0 atom stereocenters. The van der Waals surface area contributed by atoms with Crippen LogP contribution in [-0.2, 0) is 13.1 Å². The van der Waals surface area contributed by atoms with E-state index in [1.54, 1.807) is 41.1 Å². The first kappa shape index (κ1) is 21.7. The molecule has 4 rings (SSSR count). The molecule has 2 aromatic carbocycles. The molecule has 4 aromatic rings. The molecule has 0 radical (unpaired) electrons. The van der Waals surface area contributed by atoms with E-state index >= 15 is 0 Å². The van der Waals surface area contributed by atoms with Gasteiger partial charge in [0.1, 0.15) is 23.3 Å². The topological polar surface area (TPSA) is 91.0 Å². The highest BCUT2D eigenvalue weighted by atomic mass is 79.9. The summed E-state index contributed by atoms with van der Waals surface area (Å²) in [6, 6.07) is 11.4. The number of hydrogen-bond donors (Lipinski definition) is 1. The van der Waals surface area contributed by atoms with E-state index in [-0.39, 0.29) is 30.4 Å². The maximum atomic E-state index is 13.9. The molecule has 0 aliphatic rings. The van der Waals surface area contributed by atoms with Gasteiger partial charge in [-0.25, -0.2) is 14.1 Å². The largest absolute Gasteiger partial charge is 0.497 e. The molecule has 164 valence electrons. The number of nitrogens with one attached hydrogen (secondary N) is 1. The molecule has 0 aliphatic heterocycles. The quantitative estimate of drug-likeness (QED) is 0.422. The van der Waals surface area contributed by atoms with Gasteiger partial charge in [0.25, 0.3) is 11.5 Å². The van der Waals surface area contributed by atoms with Crippen LogP contribution in [0.4, 0.5) is 4.39 Å². The van der Waals surface area contributed by atoms with Crippen LogP contribution in [0.25, 0.3) is 11.0 Å². The minimum absolute atomic E-state index is 0.0745. The standard InChI is InChI=1S/C22H19BrFN5O3/c1-32-15-6-7-18(23)16(10-15)21(30)25-8-9-29-20-17(11-27-29)22(31)28(13-26-20)12-14-4-2-3-5-19(14)24/h2-7,10-11,13H,8-9,12H2,1H3,(H,25,30). The van der Waals surface area contributed by atoms with Crippen molar-refractivity contribution in [1.29, 1.82) is 0 Å². The van der Waals surface area contributed by atoms with E-state index in [1.165, 1.54) is 30.3 Å². The fourth-order valence-corrected chi connectivity index (χ4v) is 3.69. The van der Waals surface area contributed by atoms with Crippen LogP contribution in [0.1, 0.15) is 15.9 Å². The fraction of sp³-hybridized carbons (Fsp3) is 0.182. The van der Waals surface area contributed by atoms with Gasteiger partial charge in [0.05, 0.1) is 32.0 Å². The summed E-state index contributed by atoms with van der Waals surface area (Å²) < 4.78 is 22.6. The smallest absolute Gasteiger partial charge is 0.264 e. The lowest BCUT2D eigenvalue weighted by atomic mass is 10.2. The minimum atomic E-state index is -0.381. The maximum absolute atomic E-state index is 13.9. The van der Waals surface area contributed by atoms with Crippen molar-refractivity contribution in [3.05, 3.63) is 86.8 Å². The summed E-state index contributed by atoms with van der Waals surface area (Å²) >= 11 is 3.36. The van der Waals surface area contributed by atoms with Crippen molar-refractivity contribution in [1.82, 2.24) is 24.6 Å². The van der Waals surface area contributed by atoms with Gasteiger partial charge < -0.3 is 10.1 Å². The second-order valence-corrected chi connectivity index (χ2v) is 7.83. The van der Waals surface area contributed by atoms with Crippen molar-refractivity contribution in [3.63, 3.8) is 0 Å². The Morgan fingerprint density at radius 2 is 2.06 bits per heavy atom. The van der Waals surface area contributed by atoms with Crippen LogP contribution in [0.2, 0.25) is 0 Å². The summed E-state index contributed by atoms with van der Waals surface area (Å²) in [5.74, 6) is -0.0756. The van der Waals surface area contributed by atoms with Crippen LogP contribution in [0.5, 0.6) is 5.75 Å².